The summed E-state index contributed by atoms with van der Waals surface area (Å²) in [5, 5.41) is 6.69. The van der Waals surface area contributed by atoms with Crippen molar-refractivity contribution >= 4 is 35.6 Å². The van der Waals surface area contributed by atoms with Gasteiger partial charge in [0.05, 0.1) is 19.3 Å². The van der Waals surface area contributed by atoms with Crippen LogP contribution in [-0.4, -0.2) is 58.1 Å². The second-order valence-corrected chi connectivity index (χ2v) is 6.87. The number of nitrogens with zero attached hydrogens (tertiary/aromatic N) is 2. The molecule has 1 aromatic rings. The molecule has 0 amide bonds. The zero-order valence-electron chi connectivity index (χ0n) is 16.7. The molecule has 7 heteroatoms. The predicted molar refractivity (Wildman–Crippen MR) is 126 cm³/mol. The number of benzene rings is 1. The van der Waals surface area contributed by atoms with E-state index in [0.717, 1.165) is 64.8 Å². The molecule has 1 fully saturated rings. The largest absolute Gasteiger partial charge is 0.379 e. The Morgan fingerprint density at radius 3 is 2.68 bits per heavy atom. The monoisotopic (exact) mass is 500 g/mol. The van der Waals surface area contributed by atoms with Crippen LogP contribution in [0.3, 0.4) is 0 Å². The normalized spacial score (nSPS) is 19.0. The van der Waals surface area contributed by atoms with Gasteiger partial charge in [-0.2, -0.15) is 0 Å². The lowest BCUT2D eigenvalue weighted by Gasteiger charge is -2.17. The smallest absolute Gasteiger partial charge is 0.191 e. The maximum Gasteiger partial charge on any atom is 0.191 e. The fourth-order valence-corrected chi connectivity index (χ4v) is 3.19. The third-order valence-corrected chi connectivity index (χ3v) is 4.74. The number of anilines is 1. The van der Waals surface area contributed by atoms with Gasteiger partial charge < -0.3 is 25.0 Å². The molecule has 1 aromatic carbocycles. The van der Waals surface area contributed by atoms with Gasteiger partial charge in [-0.25, -0.2) is 4.99 Å². The van der Waals surface area contributed by atoms with Gasteiger partial charge in [0.1, 0.15) is 0 Å². The molecule has 2 aliphatic rings. The molecule has 1 atom stereocenters. The highest BCUT2D eigenvalue weighted by Gasteiger charge is 2.15. The number of halogens is 1. The Hall–Kier alpha value is -1.32. The van der Waals surface area contributed by atoms with E-state index in [2.05, 4.69) is 58.9 Å². The van der Waals surface area contributed by atoms with E-state index >= 15 is 0 Å². The lowest BCUT2D eigenvalue weighted by atomic mass is 10.2. The van der Waals surface area contributed by atoms with Crippen molar-refractivity contribution in [1.82, 2.24) is 10.6 Å². The Kier molecular flexibility index (Phi) is 10.7. The van der Waals surface area contributed by atoms with Gasteiger partial charge in [0.25, 0.3) is 0 Å². The molecular weight excluding hydrogens is 467 g/mol. The molecule has 2 heterocycles. The second kappa shape index (κ2) is 13.0. The van der Waals surface area contributed by atoms with Gasteiger partial charge in [-0.05, 0) is 37.5 Å². The number of ether oxygens (including phenoxy) is 2. The summed E-state index contributed by atoms with van der Waals surface area (Å²) in [6.07, 6.45) is 6.67. The lowest BCUT2D eigenvalue weighted by molar-refractivity contribution is 0.0420. The van der Waals surface area contributed by atoms with Gasteiger partial charge in [-0.1, -0.05) is 24.3 Å². The molecule has 0 aromatic heterocycles. The van der Waals surface area contributed by atoms with Crippen LogP contribution in [0.15, 0.2) is 41.4 Å². The Morgan fingerprint density at radius 2 is 2.00 bits per heavy atom. The molecule has 0 saturated carbocycles. The molecule has 3 rings (SSSR count). The van der Waals surface area contributed by atoms with Crippen molar-refractivity contribution in [3.63, 3.8) is 0 Å². The summed E-state index contributed by atoms with van der Waals surface area (Å²) in [5.41, 5.74) is 2.48. The Labute approximate surface area is 185 Å². The molecule has 1 saturated heterocycles. The summed E-state index contributed by atoms with van der Waals surface area (Å²) < 4.78 is 11.1. The highest BCUT2D eigenvalue weighted by atomic mass is 127. The average molecular weight is 500 g/mol. The minimum atomic E-state index is 0. The fourth-order valence-electron chi connectivity index (χ4n) is 3.19. The molecule has 6 nitrogen and oxygen atoms in total. The SMILES string of the molecule is CCNC(=NCc1ccc(N2CC=CC2)cc1)NCCCOC1CCOC1.I. The highest BCUT2D eigenvalue weighted by molar-refractivity contribution is 14.0. The maximum atomic E-state index is 5.79. The fraction of sp³-hybridized carbons (Fsp3) is 0.571. The summed E-state index contributed by atoms with van der Waals surface area (Å²) >= 11 is 0. The molecule has 0 aliphatic carbocycles. The van der Waals surface area contributed by atoms with E-state index in [-0.39, 0.29) is 30.1 Å². The summed E-state index contributed by atoms with van der Waals surface area (Å²) in [4.78, 5) is 7.04. The van der Waals surface area contributed by atoms with Crippen molar-refractivity contribution in [2.24, 2.45) is 4.99 Å². The van der Waals surface area contributed by atoms with Gasteiger partial charge in [-0.15, -0.1) is 24.0 Å². The van der Waals surface area contributed by atoms with Crippen LogP contribution in [0, 0.1) is 0 Å². The summed E-state index contributed by atoms with van der Waals surface area (Å²) in [7, 11) is 0. The van der Waals surface area contributed by atoms with Gasteiger partial charge in [-0.3, -0.25) is 0 Å². The zero-order valence-corrected chi connectivity index (χ0v) is 19.1. The van der Waals surface area contributed by atoms with E-state index in [1.165, 1.54) is 11.3 Å². The molecule has 156 valence electrons. The van der Waals surface area contributed by atoms with Gasteiger partial charge in [0.15, 0.2) is 5.96 Å². The van der Waals surface area contributed by atoms with Crippen molar-refractivity contribution in [3.05, 3.63) is 42.0 Å². The molecule has 28 heavy (non-hydrogen) atoms. The minimum Gasteiger partial charge on any atom is -0.379 e. The van der Waals surface area contributed by atoms with Crippen molar-refractivity contribution in [2.75, 3.05) is 50.9 Å². The number of rotatable bonds is 9. The molecular formula is C21H33IN4O2. The summed E-state index contributed by atoms with van der Waals surface area (Å²) in [6.45, 7) is 8.78. The molecule has 0 spiro atoms. The number of hydrogen-bond donors (Lipinski definition) is 2. The van der Waals surface area contributed by atoms with Crippen LogP contribution in [0.2, 0.25) is 0 Å². The van der Waals surface area contributed by atoms with E-state index < -0.39 is 0 Å². The average Bonchev–Trinajstić information content (AvgIpc) is 3.40. The van der Waals surface area contributed by atoms with E-state index in [1.54, 1.807) is 0 Å². The molecule has 0 radical (unpaired) electrons. The highest BCUT2D eigenvalue weighted by Crippen LogP contribution is 2.17. The maximum absolute atomic E-state index is 5.79. The number of aliphatic imine (C=N–C) groups is 1. The Bertz CT molecular complexity index is 607. The van der Waals surface area contributed by atoms with E-state index in [0.29, 0.717) is 6.54 Å². The minimum absolute atomic E-state index is 0. The number of guanidine groups is 1. The van der Waals surface area contributed by atoms with E-state index in [4.69, 9.17) is 14.5 Å². The molecule has 2 N–H and O–H groups in total. The van der Waals surface area contributed by atoms with Crippen LogP contribution in [0.25, 0.3) is 0 Å². The molecule has 1 unspecified atom stereocenters. The summed E-state index contributed by atoms with van der Waals surface area (Å²) in [5.74, 6) is 0.856. The number of hydrogen-bond acceptors (Lipinski definition) is 4. The van der Waals surface area contributed by atoms with Crippen molar-refractivity contribution < 1.29 is 9.47 Å². The van der Waals surface area contributed by atoms with Gasteiger partial charge >= 0.3 is 0 Å². The van der Waals surface area contributed by atoms with Crippen LogP contribution in [-0.2, 0) is 16.0 Å². The van der Waals surface area contributed by atoms with Crippen LogP contribution >= 0.6 is 24.0 Å². The first-order chi connectivity index (χ1) is 13.3. The Balaban J connectivity index is 0.00000280. The van der Waals surface area contributed by atoms with Gasteiger partial charge in [0.2, 0.25) is 0 Å². The predicted octanol–water partition coefficient (Wildman–Crippen LogP) is 2.93. The third-order valence-electron chi connectivity index (χ3n) is 4.74. The van der Waals surface area contributed by atoms with Crippen molar-refractivity contribution in [2.45, 2.75) is 32.4 Å². The van der Waals surface area contributed by atoms with Crippen LogP contribution in [0.5, 0.6) is 0 Å². The van der Waals surface area contributed by atoms with Gasteiger partial charge in [0, 0.05) is 45.1 Å². The molecule has 0 bridgehead atoms. The first-order valence-electron chi connectivity index (χ1n) is 10.1. The van der Waals surface area contributed by atoms with E-state index in [1.807, 2.05) is 0 Å². The molecule has 2 aliphatic heterocycles. The van der Waals surface area contributed by atoms with Crippen LogP contribution in [0.1, 0.15) is 25.3 Å². The topological polar surface area (TPSA) is 58.1 Å². The third kappa shape index (κ3) is 7.60. The zero-order chi connectivity index (χ0) is 18.7. The van der Waals surface area contributed by atoms with Crippen molar-refractivity contribution in [1.29, 1.82) is 0 Å². The van der Waals surface area contributed by atoms with Crippen LogP contribution in [0.4, 0.5) is 5.69 Å². The first-order valence-corrected chi connectivity index (χ1v) is 10.1. The second-order valence-electron chi connectivity index (χ2n) is 6.87. The lowest BCUT2D eigenvalue weighted by Crippen LogP contribution is -2.38. The standard InChI is InChI=1S/C21H32N4O2.HI/c1-2-22-21(23-11-5-14-27-20-10-15-26-17-20)24-16-18-6-8-19(9-7-18)25-12-3-4-13-25;/h3-4,6-9,20H,2,5,10-17H2,1H3,(H2,22,23,24);1H. The quantitative estimate of drug-likeness (QED) is 0.180. The van der Waals surface area contributed by atoms with Crippen molar-refractivity contribution in [3.8, 4) is 0 Å². The van der Waals surface area contributed by atoms with E-state index in [9.17, 15) is 0 Å². The van der Waals surface area contributed by atoms with Crippen LogP contribution < -0.4 is 15.5 Å². The first kappa shape index (κ1) is 23.0. The Morgan fingerprint density at radius 1 is 1.21 bits per heavy atom. The number of nitrogens with one attached hydrogen (secondary N) is 2. The summed E-state index contributed by atoms with van der Waals surface area (Å²) in [6, 6.07) is 8.70.